The van der Waals surface area contributed by atoms with E-state index >= 15 is 0 Å². The van der Waals surface area contributed by atoms with E-state index in [-0.39, 0.29) is 16.9 Å². The largest absolute Gasteiger partial charge is 0.468 e. The molecule has 0 radical (unpaired) electrons. The molecule has 0 bridgehead atoms. The number of fused-ring (bicyclic) bond motifs is 1. The molecular weight excluding hydrogens is 365 g/mol. The molecule has 7 nitrogen and oxygen atoms in total. The number of ketones is 1. The summed E-state index contributed by atoms with van der Waals surface area (Å²) < 4.78 is 19.6. The van der Waals surface area contributed by atoms with Crippen LogP contribution in [0.25, 0.3) is 0 Å². The Morgan fingerprint density at radius 1 is 1.32 bits per heavy atom. The van der Waals surface area contributed by atoms with Crippen LogP contribution < -0.4 is 5.73 Å². The molecule has 2 heterocycles. The molecule has 2 aliphatic rings. The second-order valence-electron chi connectivity index (χ2n) is 6.71. The molecular formula is C20H18FN3O4. The number of carbonyl (C=O) groups is 3. The van der Waals surface area contributed by atoms with Gasteiger partial charge in [-0.05, 0) is 18.6 Å². The Morgan fingerprint density at radius 3 is 2.54 bits per heavy atom. The molecule has 28 heavy (non-hydrogen) atoms. The van der Waals surface area contributed by atoms with E-state index in [1.54, 1.807) is 6.07 Å². The van der Waals surface area contributed by atoms with Crippen molar-refractivity contribution >= 4 is 17.7 Å². The maximum atomic E-state index is 14.7. The van der Waals surface area contributed by atoms with Gasteiger partial charge in [0.2, 0.25) is 5.91 Å². The number of ether oxygens (including phenoxy) is 1. The summed E-state index contributed by atoms with van der Waals surface area (Å²) in [6, 6.07) is 5.36. The summed E-state index contributed by atoms with van der Waals surface area (Å²) in [7, 11) is 1.12. The summed E-state index contributed by atoms with van der Waals surface area (Å²) in [6.45, 7) is 1.35. The minimum atomic E-state index is -1.94. The van der Waals surface area contributed by atoms with Crippen LogP contribution in [0.5, 0.6) is 0 Å². The Hall–Kier alpha value is -3.47. The number of hydrogen-bond donors (Lipinski definition) is 1. The number of allylic oxidation sites excluding steroid dienone is 2. The maximum Gasteiger partial charge on any atom is 0.329 e. The van der Waals surface area contributed by atoms with E-state index in [4.69, 9.17) is 10.5 Å². The van der Waals surface area contributed by atoms with Crippen molar-refractivity contribution in [1.82, 2.24) is 4.90 Å². The average molecular weight is 383 g/mol. The van der Waals surface area contributed by atoms with Crippen molar-refractivity contribution in [2.24, 2.45) is 11.1 Å². The third kappa shape index (κ3) is 2.59. The maximum absolute atomic E-state index is 14.7. The van der Waals surface area contributed by atoms with Gasteiger partial charge in [0, 0.05) is 17.7 Å². The highest BCUT2D eigenvalue weighted by Gasteiger charge is 2.66. The predicted molar refractivity (Wildman–Crippen MR) is 95.7 cm³/mol. The summed E-state index contributed by atoms with van der Waals surface area (Å²) >= 11 is 0. The first-order valence-electron chi connectivity index (χ1n) is 8.51. The summed E-state index contributed by atoms with van der Waals surface area (Å²) in [6.07, 6.45) is 4.34. The highest BCUT2D eigenvalue weighted by molar-refractivity contribution is 5.97. The average Bonchev–Trinajstić information content (AvgIpc) is 2.98. The molecule has 0 saturated carbocycles. The summed E-state index contributed by atoms with van der Waals surface area (Å²) in [4.78, 5) is 38.4. The van der Waals surface area contributed by atoms with E-state index in [9.17, 15) is 24.0 Å². The van der Waals surface area contributed by atoms with E-state index in [2.05, 4.69) is 0 Å². The fourth-order valence-corrected chi connectivity index (χ4v) is 4.08. The minimum Gasteiger partial charge on any atom is -0.468 e. The molecule has 1 aromatic rings. The van der Waals surface area contributed by atoms with Crippen LogP contribution >= 0.6 is 0 Å². The smallest absolute Gasteiger partial charge is 0.329 e. The predicted octanol–water partition coefficient (Wildman–Crippen LogP) is 1.17. The normalized spacial score (nSPS) is 28.1. The van der Waals surface area contributed by atoms with Crippen molar-refractivity contribution in [2.75, 3.05) is 7.11 Å². The van der Waals surface area contributed by atoms with Gasteiger partial charge in [0.05, 0.1) is 19.2 Å². The van der Waals surface area contributed by atoms with Gasteiger partial charge in [0.1, 0.15) is 11.9 Å². The van der Waals surface area contributed by atoms with Crippen molar-refractivity contribution in [3.63, 3.8) is 0 Å². The number of carbonyl (C=O) groups excluding carboxylic acids is 3. The van der Waals surface area contributed by atoms with Crippen LogP contribution in [0.2, 0.25) is 0 Å². The van der Waals surface area contributed by atoms with Crippen LogP contribution in [0.3, 0.4) is 0 Å². The van der Waals surface area contributed by atoms with E-state index < -0.39 is 41.1 Å². The van der Waals surface area contributed by atoms with Crippen LogP contribution in [-0.2, 0) is 19.1 Å². The van der Waals surface area contributed by atoms with Crippen LogP contribution in [0, 0.1) is 22.6 Å². The Bertz CT molecular complexity index is 964. The molecule has 0 unspecified atom stereocenters. The first kappa shape index (κ1) is 19.3. The molecule has 0 aliphatic carbocycles. The summed E-state index contributed by atoms with van der Waals surface area (Å²) in [5, 5.41) is 10.1. The molecule has 1 fully saturated rings. The van der Waals surface area contributed by atoms with Crippen molar-refractivity contribution < 1.29 is 23.5 Å². The van der Waals surface area contributed by atoms with Crippen LogP contribution in [-0.4, -0.2) is 41.8 Å². The second kappa shape index (κ2) is 6.93. The summed E-state index contributed by atoms with van der Waals surface area (Å²) in [5.41, 5.74) is 3.95. The van der Waals surface area contributed by atoms with Crippen LogP contribution in [0.1, 0.15) is 18.4 Å². The quantitative estimate of drug-likeness (QED) is 0.781. The van der Waals surface area contributed by atoms with E-state index in [0.29, 0.717) is 0 Å². The van der Waals surface area contributed by atoms with Gasteiger partial charge in [0.15, 0.2) is 11.2 Å². The molecule has 144 valence electrons. The van der Waals surface area contributed by atoms with E-state index in [0.717, 1.165) is 7.11 Å². The van der Waals surface area contributed by atoms with Gasteiger partial charge in [-0.25, -0.2) is 4.39 Å². The lowest BCUT2D eigenvalue weighted by atomic mass is 9.68. The summed E-state index contributed by atoms with van der Waals surface area (Å²) in [5.74, 6) is -3.95. The first-order valence-corrected chi connectivity index (χ1v) is 8.51. The number of Topliss-reactive ketones (excluding diaryl/α,β-unsaturated/α-hetero) is 1. The Labute approximate surface area is 160 Å². The monoisotopic (exact) mass is 383 g/mol. The zero-order valence-electron chi connectivity index (χ0n) is 15.3. The molecule has 4 atom stereocenters. The molecule has 8 heteroatoms. The van der Waals surface area contributed by atoms with Crippen molar-refractivity contribution in [2.45, 2.75) is 24.9 Å². The standard InChI is InChI=1S/C20H18FN3O4/c1-11(25)12-7-8-15-20(10-22,19(27)28-2)16(13-5-3-4-6-14(13)21)17(18(23)26)24(15)9-12/h3-9,15-17H,1-2H3,(H2,23,26)/t15-,16-,17-,20-/m1/s1. The molecule has 2 aliphatic heterocycles. The highest BCUT2D eigenvalue weighted by atomic mass is 19.1. The minimum absolute atomic E-state index is 0.00109. The number of esters is 1. The molecule has 0 spiro atoms. The Kier molecular flexibility index (Phi) is 4.77. The van der Waals surface area contributed by atoms with Crippen molar-refractivity contribution in [3.05, 3.63) is 59.6 Å². The molecule has 1 saturated heterocycles. The molecule has 2 N–H and O–H groups in total. The first-order chi connectivity index (χ1) is 13.3. The Morgan fingerprint density at radius 2 is 2.00 bits per heavy atom. The van der Waals surface area contributed by atoms with Crippen molar-refractivity contribution in [1.29, 1.82) is 5.26 Å². The number of methoxy groups -OCH3 is 1. The molecule has 3 rings (SSSR count). The number of primary amides is 1. The molecule has 0 aromatic heterocycles. The number of halogens is 1. The third-order valence-corrected chi connectivity index (χ3v) is 5.31. The van der Waals surface area contributed by atoms with Gasteiger partial charge >= 0.3 is 5.97 Å². The number of nitriles is 1. The van der Waals surface area contributed by atoms with E-state index in [1.807, 2.05) is 6.07 Å². The van der Waals surface area contributed by atoms with Gasteiger partial charge in [0.25, 0.3) is 0 Å². The zero-order valence-corrected chi connectivity index (χ0v) is 15.3. The third-order valence-electron chi connectivity index (χ3n) is 5.31. The zero-order chi connectivity index (χ0) is 20.6. The van der Waals surface area contributed by atoms with Gasteiger partial charge in [-0.15, -0.1) is 0 Å². The molecule has 1 aromatic carbocycles. The molecule has 1 amide bonds. The fourth-order valence-electron chi connectivity index (χ4n) is 4.08. The number of rotatable bonds is 4. The van der Waals surface area contributed by atoms with E-state index in [1.165, 1.54) is 48.4 Å². The van der Waals surface area contributed by atoms with Crippen LogP contribution in [0.4, 0.5) is 4.39 Å². The number of nitrogens with two attached hydrogens (primary N) is 1. The lowest BCUT2D eigenvalue weighted by molar-refractivity contribution is -0.150. The number of hydrogen-bond acceptors (Lipinski definition) is 6. The van der Waals surface area contributed by atoms with Gasteiger partial charge in [-0.2, -0.15) is 5.26 Å². The second-order valence-corrected chi connectivity index (χ2v) is 6.71. The SMILES string of the molecule is COC(=O)[C@@]1(C#N)[C@H](c2ccccc2F)[C@H](C(N)=O)N2C=C(C(C)=O)C=C[C@@H]21. The lowest BCUT2D eigenvalue weighted by Crippen LogP contribution is -2.45. The van der Waals surface area contributed by atoms with Gasteiger partial charge in [-0.3, -0.25) is 14.4 Å². The number of nitrogens with zero attached hydrogens (tertiary/aromatic N) is 2. The van der Waals surface area contributed by atoms with Crippen LogP contribution in [0.15, 0.2) is 48.2 Å². The lowest BCUT2D eigenvalue weighted by Gasteiger charge is -2.32. The number of amides is 1. The number of benzene rings is 1. The topological polar surface area (TPSA) is 113 Å². The van der Waals surface area contributed by atoms with Crippen molar-refractivity contribution in [3.8, 4) is 6.07 Å². The van der Waals surface area contributed by atoms with Gasteiger partial charge < -0.3 is 15.4 Å². The highest BCUT2D eigenvalue weighted by Crippen LogP contribution is 2.54. The Balaban J connectivity index is 2.33. The fraction of sp³-hybridized carbons (Fsp3) is 0.300. The van der Waals surface area contributed by atoms with Gasteiger partial charge in [-0.1, -0.05) is 30.4 Å².